The maximum Gasteiger partial charge on any atom is 0.304 e. The summed E-state index contributed by atoms with van der Waals surface area (Å²) in [5.74, 6) is 0.335. The van der Waals surface area contributed by atoms with Crippen LogP contribution in [0.15, 0.2) is 12.1 Å². The van der Waals surface area contributed by atoms with E-state index in [1.807, 2.05) is 0 Å². The zero-order chi connectivity index (χ0) is 13.3. The lowest BCUT2D eigenvalue weighted by Gasteiger charge is -2.21. The lowest BCUT2D eigenvalue weighted by molar-refractivity contribution is -0.137. The quantitative estimate of drug-likeness (QED) is 0.894. The number of aliphatic carboxylic acids is 1. The van der Waals surface area contributed by atoms with Gasteiger partial charge in [-0.2, -0.15) is 0 Å². The number of carbonyl (C=O) groups is 1. The number of carboxylic acids is 1. The minimum Gasteiger partial charge on any atom is -0.496 e. The van der Waals surface area contributed by atoms with Crippen molar-refractivity contribution in [2.24, 2.45) is 0 Å². The summed E-state index contributed by atoms with van der Waals surface area (Å²) in [6.07, 6.45) is 1.69. The molecule has 0 saturated heterocycles. The summed E-state index contributed by atoms with van der Waals surface area (Å²) in [6, 6.07) is 3.45. The molecule has 1 fully saturated rings. The standard InChI is InChI=1S/C13H15ClO4/c1-17-9-4-3-8(14)12(18-2)11(9)13(5-6-13)7-10(15)16/h3-4H,5-7H2,1-2H3,(H,15,16). The summed E-state index contributed by atoms with van der Waals surface area (Å²) in [5.41, 5.74) is 0.385. The van der Waals surface area contributed by atoms with Gasteiger partial charge < -0.3 is 14.6 Å². The first-order valence-electron chi connectivity index (χ1n) is 5.67. The zero-order valence-corrected chi connectivity index (χ0v) is 11.1. The van der Waals surface area contributed by atoms with Crippen molar-refractivity contribution in [3.8, 4) is 11.5 Å². The summed E-state index contributed by atoms with van der Waals surface area (Å²) in [4.78, 5) is 11.0. The Hall–Kier alpha value is -1.42. The molecule has 0 bridgehead atoms. The molecule has 1 aromatic rings. The molecule has 0 aromatic heterocycles. The third-order valence-corrected chi connectivity index (χ3v) is 3.67. The first-order valence-corrected chi connectivity index (χ1v) is 6.04. The van der Waals surface area contributed by atoms with Crippen molar-refractivity contribution in [3.05, 3.63) is 22.7 Å². The highest BCUT2D eigenvalue weighted by Gasteiger charge is 2.50. The summed E-state index contributed by atoms with van der Waals surface area (Å²) >= 11 is 6.10. The number of carboxylic acid groups (broad SMARTS) is 1. The molecule has 1 N–H and O–H groups in total. The molecule has 1 saturated carbocycles. The van der Waals surface area contributed by atoms with Gasteiger partial charge in [0.05, 0.1) is 25.7 Å². The van der Waals surface area contributed by atoms with Crippen molar-refractivity contribution in [2.45, 2.75) is 24.7 Å². The monoisotopic (exact) mass is 270 g/mol. The van der Waals surface area contributed by atoms with Crippen molar-refractivity contribution in [3.63, 3.8) is 0 Å². The molecule has 5 heteroatoms. The summed E-state index contributed by atoms with van der Waals surface area (Å²) < 4.78 is 10.6. The van der Waals surface area contributed by atoms with Crippen LogP contribution in [0.2, 0.25) is 5.02 Å². The molecule has 1 aliphatic carbocycles. The lowest BCUT2D eigenvalue weighted by atomic mass is 9.90. The van der Waals surface area contributed by atoms with Crippen LogP contribution in [0, 0.1) is 0 Å². The van der Waals surface area contributed by atoms with Crippen LogP contribution >= 0.6 is 11.6 Å². The molecular formula is C13H15ClO4. The smallest absolute Gasteiger partial charge is 0.304 e. The normalized spacial score (nSPS) is 16.2. The van der Waals surface area contributed by atoms with E-state index in [2.05, 4.69) is 0 Å². The van der Waals surface area contributed by atoms with Crippen LogP contribution in [0.25, 0.3) is 0 Å². The van der Waals surface area contributed by atoms with Crippen molar-refractivity contribution in [1.29, 1.82) is 0 Å². The van der Waals surface area contributed by atoms with Gasteiger partial charge in [-0.05, 0) is 25.0 Å². The molecular weight excluding hydrogens is 256 g/mol. The molecule has 18 heavy (non-hydrogen) atoms. The van der Waals surface area contributed by atoms with E-state index in [1.165, 1.54) is 7.11 Å². The van der Waals surface area contributed by atoms with Gasteiger partial charge in [0.2, 0.25) is 0 Å². The van der Waals surface area contributed by atoms with Crippen molar-refractivity contribution < 1.29 is 19.4 Å². The molecule has 4 nitrogen and oxygen atoms in total. The zero-order valence-electron chi connectivity index (χ0n) is 10.3. The van der Waals surface area contributed by atoms with Crippen LogP contribution in [0.4, 0.5) is 0 Å². The molecule has 0 atom stereocenters. The van der Waals surface area contributed by atoms with E-state index in [4.69, 9.17) is 26.2 Å². The second kappa shape index (κ2) is 4.69. The number of halogens is 1. The Kier molecular flexibility index (Phi) is 3.39. The molecule has 98 valence electrons. The van der Waals surface area contributed by atoms with E-state index in [0.717, 1.165) is 18.4 Å². The van der Waals surface area contributed by atoms with E-state index in [1.54, 1.807) is 19.2 Å². The fourth-order valence-electron chi connectivity index (χ4n) is 2.37. The van der Waals surface area contributed by atoms with Gasteiger partial charge in [0, 0.05) is 11.0 Å². The number of rotatable bonds is 5. The summed E-state index contributed by atoms with van der Waals surface area (Å²) in [6.45, 7) is 0. The van der Waals surface area contributed by atoms with Crippen molar-refractivity contribution in [2.75, 3.05) is 14.2 Å². The number of hydrogen-bond donors (Lipinski definition) is 1. The number of hydrogen-bond acceptors (Lipinski definition) is 3. The first-order chi connectivity index (χ1) is 8.54. The van der Waals surface area contributed by atoms with Crippen LogP contribution in [0.5, 0.6) is 11.5 Å². The van der Waals surface area contributed by atoms with E-state index in [-0.39, 0.29) is 6.42 Å². The highest BCUT2D eigenvalue weighted by atomic mass is 35.5. The second-order valence-corrected chi connectivity index (χ2v) is 4.92. The van der Waals surface area contributed by atoms with Crippen LogP contribution in [0.3, 0.4) is 0 Å². The fraction of sp³-hybridized carbons (Fsp3) is 0.462. The second-order valence-electron chi connectivity index (χ2n) is 4.51. The van der Waals surface area contributed by atoms with Gasteiger partial charge in [-0.15, -0.1) is 0 Å². The minimum absolute atomic E-state index is 0.0695. The molecule has 0 aliphatic heterocycles. The van der Waals surface area contributed by atoms with Crippen LogP contribution in [-0.4, -0.2) is 25.3 Å². The lowest BCUT2D eigenvalue weighted by Crippen LogP contribution is -2.15. The molecule has 2 rings (SSSR count). The van der Waals surface area contributed by atoms with E-state index < -0.39 is 11.4 Å². The largest absolute Gasteiger partial charge is 0.496 e. The van der Waals surface area contributed by atoms with Gasteiger partial charge in [-0.25, -0.2) is 0 Å². The molecule has 0 heterocycles. The van der Waals surface area contributed by atoms with Gasteiger partial charge in [0.15, 0.2) is 0 Å². The SMILES string of the molecule is COc1ccc(Cl)c(OC)c1C1(CC(=O)O)CC1. The highest BCUT2D eigenvalue weighted by Crippen LogP contribution is 2.58. The molecule has 1 aromatic carbocycles. The molecule has 0 amide bonds. The molecule has 0 spiro atoms. The minimum atomic E-state index is -0.823. The highest BCUT2D eigenvalue weighted by molar-refractivity contribution is 6.32. The maximum absolute atomic E-state index is 11.0. The first kappa shape index (κ1) is 13.0. The van der Waals surface area contributed by atoms with Crippen molar-refractivity contribution >= 4 is 17.6 Å². The Balaban J connectivity index is 2.54. The topological polar surface area (TPSA) is 55.8 Å². The molecule has 0 unspecified atom stereocenters. The Morgan fingerprint density at radius 3 is 2.50 bits per heavy atom. The Morgan fingerprint density at radius 2 is 2.06 bits per heavy atom. The Bertz CT molecular complexity index is 480. The van der Waals surface area contributed by atoms with Crippen LogP contribution in [0.1, 0.15) is 24.8 Å². The predicted octanol–water partition coefficient (Wildman–Crippen LogP) is 2.86. The maximum atomic E-state index is 11.0. The molecule has 1 aliphatic rings. The van der Waals surface area contributed by atoms with Gasteiger partial charge in [-0.3, -0.25) is 4.79 Å². The Labute approximate surface area is 110 Å². The van der Waals surface area contributed by atoms with Crippen molar-refractivity contribution in [1.82, 2.24) is 0 Å². The van der Waals surface area contributed by atoms with E-state index >= 15 is 0 Å². The average molecular weight is 271 g/mol. The number of methoxy groups -OCH3 is 2. The fourth-order valence-corrected chi connectivity index (χ4v) is 2.60. The average Bonchev–Trinajstić information content (AvgIpc) is 3.08. The van der Waals surface area contributed by atoms with E-state index in [0.29, 0.717) is 16.5 Å². The Morgan fingerprint density at radius 1 is 1.39 bits per heavy atom. The third-order valence-electron chi connectivity index (χ3n) is 3.37. The third kappa shape index (κ3) is 2.12. The van der Waals surface area contributed by atoms with Gasteiger partial charge in [-0.1, -0.05) is 11.6 Å². The van der Waals surface area contributed by atoms with Crippen LogP contribution < -0.4 is 9.47 Å². The summed E-state index contributed by atoms with van der Waals surface area (Å²) in [7, 11) is 3.09. The van der Waals surface area contributed by atoms with Gasteiger partial charge >= 0.3 is 5.97 Å². The van der Waals surface area contributed by atoms with Crippen LogP contribution in [-0.2, 0) is 10.2 Å². The van der Waals surface area contributed by atoms with E-state index in [9.17, 15) is 4.79 Å². The number of ether oxygens (including phenoxy) is 2. The summed E-state index contributed by atoms with van der Waals surface area (Å²) in [5, 5.41) is 9.51. The number of benzene rings is 1. The molecule has 0 radical (unpaired) electrons. The van der Waals surface area contributed by atoms with Gasteiger partial charge in [0.1, 0.15) is 11.5 Å². The van der Waals surface area contributed by atoms with Gasteiger partial charge in [0.25, 0.3) is 0 Å². The predicted molar refractivity (Wildman–Crippen MR) is 67.7 cm³/mol.